The minimum absolute atomic E-state index is 0.0741. The highest BCUT2D eigenvalue weighted by Crippen LogP contribution is 2.39. The third kappa shape index (κ3) is 7.24. The average molecular weight is 649 g/mol. The molecule has 11 nitrogen and oxygen atoms in total. The Labute approximate surface area is 272 Å². The maximum Gasteiger partial charge on any atom is 0.272 e. The van der Waals surface area contributed by atoms with E-state index < -0.39 is 5.82 Å². The van der Waals surface area contributed by atoms with E-state index in [0.29, 0.717) is 46.1 Å². The Balaban J connectivity index is 1.52. The molecule has 3 N–H and O–H groups in total. The summed E-state index contributed by atoms with van der Waals surface area (Å²) < 4.78 is 21.4. The van der Waals surface area contributed by atoms with Crippen LogP contribution in [-0.4, -0.2) is 72.6 Å². The van der Waals surface area contributed by atoms with Crippen molar-refractivity contribution in [2.45, 2.75) is 31.7 Å². The number of amides is 2. The fraction of sp³-hybridized carbons (Fsp3) is 0.333. The minimum Gasteiger partial charge on any atom is -0.494 e. The first-order chi connectivity index (χ1) is 22.1. The van der Waals surface area contributed by atoms with Gasteiger partial charge in [0.15, 0.2) is 0 Å². The molecule has 1 fully saturated rings. The summed E-state index contributed by atoms with van der Waals surface area (Å²) in [6.45, 7) is 5.10. The summed E-state index contributed by atoms with van der Waals surface area (Å²) in [5, 5.41) is 9.61. The summed E-state index contributed by atoms with van der Waals surface area (Å²) in [5.41, 5.74) is 3.27. The number of halogens is 2. The lowest BCUT2D eigenvalue weighted by atomic mass is 10.2. The average Bonchev–Trinajstić information content (AvgIpc) is 3.69. The molecule has 4 aromatic rings. The summed E-state index contributed by atoms with van der Waals surface area (Å²) in [6.07, 6.45) is 6.78. The number of hydrogen-bond acceptors (Lipinski definition) is 8. The number of methoxy groups -OCH3 is 1. The molecule has 0 unspecified atom stereocenters. The molecule has 46 heavy (non-hydrogen) atoms. The second kappa shape index (κ2) is 14.2. The molecule has 0 bridgehead atoms. The first kappa shape index (κ1) is 32.7. The summed E-state index contributed by atoms with van der Waals surface area (Å²) in [5.74, 6) is -0.460. The van der Waals surface area contributed by atoms with E-state index in [0.717, 1.165) is 37.9 Å². The predicted molar refractivity (Wildman–Crippen MR) is 181 cm³/mol. The van der Waals surface area contributed by atoms with Crippen molar-refractivity contribution in [1.82, 2.24) is 19.4 Å². The van der Waals surface area contributed by atoms with Gasteiger partial charge in [0.1, 0.15) is 22.9 Å². The molecule has 2 amide bonds. The number of likely N-dealkylation sites (N-methyl/N-ethyl adjacent to an activating group) is 2. The van der Waals surface area contributed by atoms with Crippen molar-refractivity contribution in [3.05, 3.63) is 71.8 Å². The highest BCUT2D eigenvalue weighted by molar-refractivity contribution is 6.31. The van der Waals surface area contributed by atoms with Gasteiger partial charge in [-0.15, -0.1) is 0 Å². The number of nitrogens with zero attached hydrogens (tertiary/aromatic N) is 5. The maximum atomic E-state index is 13.7. The quantitative estimate of drug-likeness (QED) is 0.150. The van der Waals surface area contributed by atoms with Crippen LogP contribution in [0, 0.1) is 5.82 Å². The van der Waals surface area contributed by atoms with Crippen LogP contribution < -0.4 is 25.6 Å². The minimum atomic E-state index is -0.562. The van der Waals surface area contributed by atoms with Crippen LogP contribution in [0.5, 0.6) is 5.75 Å². The van der Waals surface area contributed by atoms with Crippen molar-refractivity contribution in [1.29, 1.82) is 0 Å². The van der Waals surface area contributed by atoms with Gasteiger partial charge >= 0.3 is 0 Å². The van der Waals surface area contributed by atoms with Crippen LogP contribution in [0.15, 0.2) is 55.3 Å². The van der Waals surface area contributed by atoms with E-state index in [1.165, 1.54) is 24.3 Å². The zero-order chi connectivity index (χ0) is 33.0. The molecule has 0 radical (unpaired) electrons. The first-order valence-corrected chi connectivity index (χ1v) is 15.4. The second-order valence-electron chi connectivity index (χ2n) is 11.5. The summed E-state index contributed by atoms with van der Waals surface area (Å²) in [4.78, 5) is 39.4. The van der Waals surface area contributed by atoms with Crippen LogP contribution in [-0.2, 0) is 4.79 Å². The van der Waals surface area contributed by atoms with Gasteiger partial charge in [-0.25, -0.2) is 9.37 Å². The normalized spacial score (nSPS) is 13.2. The Morgan fingerprint density at radius 1 is 1.11 bits per heavy atom. The first-order valence-electron chi connectivity index (χ1n) is 15.0. The van der Waals surface area contributed by atoms with Gasteiger partial charge in [-0.3, -0.25) is 9.59 Å². The zero-order valence-corrected chi connectivity index (χ0v) is 27.1. The Hall–Kier alpha value is -4.68. The number of aromatic nitrogens is 3. The number of anilines is 5. The van der Waals surface area contributed by atoms with Crippen molar-refractivity contribution in [2.24, 2.45) is 0 Å². The Morgan fingerprint density at radius 3 is 2.54 bits per heavy atom. The molecule has 13 heteroatoms. The fourth-order valence-electron chi connectivity index (χ4n) is 5.57. The van der Waals surface area contributed by atoms with Crippen LogP contribution in [0.1, 0.15) is 42.2 Å². The number of hydrogen-bond donors (Lipinski definition) is 3. The number of benzene rings is 2. The molecule has 2 aromatic heterocycles. The Morgan fingerprint density at radius 2 is 1.87 bits per heavy atom. The largest absolute Gasteiger partial charge is 0.494 e. The Kier molecular flexibility index (Phi) is 10.1. The molecule has 242 valence electrons. The molecule has 1 aliphatic rings. The van der Waals surface area contributed by atoms with Gasteiger partial charge in [-0.1, -0.05) is 31.0 Å². The number of carbonyl (C=O) groups is 2. The van der Waals surface area contributed by atoms with E-state index in [4.69, 9.17) is 21.3 Å². The molecule has 5 rings (SSSR count). The van der Waals surface area contributed by atoms with Crippen LogP contribution in [0.3, 0.4) is 0 Å². The molecule has 2 heterocycles. The maximum absolute atomic E-state index is 13.7. The molecule has 0 spiro atoms. The number of nitrogens with one attached hydrogen (secondary N) is 3. The molecular weight excluding hydrogens is 611 g/mol. The molecule has 2 aromatic carbocycles. The van der Waals surface area contributed by atoms with Gasteiger partial charge in [0.2, 0.25) is 11.9 Å². The van der Waals surface area contributed by atoms with Crippen LogP contribution in [0.2, 0.25) is 5.02 Å². The van der Waals surface area contributed by atoms with Crippen molar-refractivity contribution in [3.8, 4) is 5.75 Å². The van der Waals surface area contributed by atoms with Gasteiger partial charge < -0.3 is 35.1 Å². The third-order valence-electron chi connectivity index (χ3n) is 7.98. The van der Waals surface area contributed by atoms with Crippen LogP contribution in [0.4, 0.5) is 33.1 Å². The van der Waals surface area contributed by atoms with Crippen molar-refractivity contribution in [2.75, 3.05) is 62.2 Å². The lowest BCUT2D eigenvalue weighted by Gasteiger charge is -2.26. The van der Waals surface area contributed by atoms with Gasteiger partial charge in [-0.2, -0.15) is 4.98 Å². The van der Waals surface area contributed by atoms with Crippen molar-refractivity contribution < 1.29 is 18.7 Å². The van der Waals surface area contributed by atoms with Gasteiger partial charge in [0.05, 0.1) is 29.2 Å². The zero-order valence-electron chi connectivity index (χ0n) is 26.4. The summed E-state index contributed by atoms with van der Waals surface area (Å²) >= 11 is 5.94. The number of carbonyl (C=O) groups excluding carboxylic acids is 2. The molecular formula is C33H38ClFN8O3. The van der Waals surface area contributed by atoms with E-state index in [1.807, 2.05) is 36.7 Å². The van der Waals surface area contributed by atoms with Gasteiger partial charge in [-0.05, 0) is 63.3 Å². The second-order valence-corrected chi connectivity index (χ2v) is 11.9. The SMILES string of the molecule is C=CC(=O)Nc1cc(Nc2ncc3cc(C(=O)Nc4ccc(F)c(Cl)c4)n(C4CCCC4)c3n2)c(OC)cc1N(C)CCN(C)C. The monoisotopic (exact) mass is 648 g/mol. The van der Waals surface area contributed by atoms with Gasteiger partial charge in [0.25, 0.3) is 5.91 Å². The number of rotatable bonds is 12. The van der Waals surface area contributed by atoms with Crippen LogP contribution in [0.25, 0.3) is 11.0 Å². The molecule has 0 aliphatic heterocycles. The van der Waals surface area contributed by atoms with Crippen molar-refractivity contribution >= 4 is 63.1 Å². The molecule has 0 atom stereocenters. The van der Waals surface area contributed by atoms with E-state index in [2.05, 4.69) is 32.4 Å². The standard InChI is InChI=1S/C33H38ClFN8O3/c1-6-30(44)38-25-17-26(29(46-5)18-27(25)42(4)14-13-41(2)3)39-33-36-19-20-15-28(43(31(20)40-33)22-9-7-8-10-22)32(45)37-21-11-12-24(35)23(34)16-21/h6,11-12,15-19,22H,1,7-10,13-14H2,2-5H3,(H,37,45)(H,38,44)(H,36,39,40). The fourth-order valence-corrected chi connectivity index (χ4v) is 5.75. The van der Waals surface area contributed by atoms with E-state index in [1.54, 1.807) is 25.4 Å². The van der Waals surface area contributed by atoms with Gasteiger partial charge in [0, 0.05) is 49.5 Å². The summed E-state index contributed by atoms with van der Waals surface area (Å²) in [7, 11) is 7.51. The number of fused-ring (bicyclic) bond motifs is 1. The van der Waals surface area contributed by atoms with E-state index in [9.17, 15) is 14.0 Å². The third-order valence-corrected chi connectivity index (χ3v) is 8.27. The lowest BCUT2D eigenvalue weighted by Crippen LogP contribution is -2.29. The lowest BCUT2D eigenvalue weighted by molar-refractivity contribution is -0.111. The number of ether oxygens (including phenoxy) is 1. The molecule has 0 saturated heterocycles. The van der Waals surface area contributed by atoms with Crippen LogP contribution >= 0.6 is 11.6 Å². The van der Waals surface area contributed by atoms with E-state index in [-0.39, 0.29) is 28.8 Å². The highest BCUT2D eigenvalue weighted by atomic mass is 35.5. The van der Waals surface area contributed by atoms with E-state index >= 15 is 0 Å². The predicted octanol–water partition coefficient (Wildman–Crippen LogP) is 6.47. The highest BCUT2D eigenvalue weighted by Gasteiger charge is 2.26. The topological polar surface area (TPSA) is 117 Å². The van der Waals surface area contributed by atoms with Crippen molar-refractivity contribution in [3.63, 3.8) is 0 Å². The molecule has 1 aliphatic carbocycles. The Bertz CT molecular complexity index is 1770. The summed E-state index contributed by atoms with van der Waals surface area (Å²) in [6, 6.07) is 9.52. The molecule has 1 saturated carbocycles. The smallest absolute Gasteiger partial charge is 0.272 e.